The third kappa shape index (κ3) is 4.72. The van der Waals surface area contributed by atoms with Gasteiger partial charge >= 0.3 is 6.03 Å². The Bertz CT molecular complexity index is 686. The van der Waals surface area contributed by atoms with E-state index < -0.39 is 0 Å². The summed E-state index contributed by atoms with van der Waals surface area (Å²) in [5, 5.41) is 5.32. The first-order valence-electron chi connectivity index (χ1n) is 6.30. The Labute approximate surface area is 131 Å². The predicted octanol–water partition coefficient (Wildman–Crippen LogP) is 4.69. The first kappa shape index (κ1) is 15.3. The quantitative estimate of drug-likeness (QED) is 0.829. The van der Waals surface area contributed by atoms with Crippen LogP contribution >= 0.6 is 15.9 Å². The normalized spacial score (nSPS) is 10.6. The second-order valence-electron chi connectivity index (χ2n) is 4.45. The van der Waals surface area contributed by atoms with Crippen LogP contribution in [0.2, 0.25) is 0 Å². The number of urea groups is 1. The zero-order chi connectivity index (χ0) is 15.2. The lowest BCUT2D eigenvalue weighted by molar-refractivity contribution is 0.255. The van der Waals surface area contributed by atoms with E-state index in [4.69, 9.17) is 0 Å². The smallest absolute Gasteiger partial charge is 0.314 e. The fourth-order valence-electron chi connectivity index (χ4n) is 1.75. The summed E-state index contributed by atoms with van der Waals surface area (Å²) in [5.41, 5.74) is 2.36. The molecule has 0 atom stereocenters. The van der Waals surface area contributed by atoms with Crippen molar-refractivity contribution in [2.45, 2.75) is 6.92 Å². The van der Waals surface area contributed by atoms with Gasteiger partial charge in [-0.05, 0) is 54.5 Å². The molecule has 2 amide bonds. The monoisotopic (exact) mass is 348 g/mol. The van der Waals surface area contributed by atoms with Crippen LogP contribution < -0.4 is 10.6 Å². The van der Waals surface area contributed by atoms with Gasteiger partial charge in [0.15, 0.2) is 0 Å². The van der Waals surface area contributed by atoms with Gasteiger partial charge in [0.25, 0.3) is 0 Å². The minimum absolute atomic E-state index is 0.313. The van der Waals surface area contributed by atoms with Crippen molar-refractivity contribution in [1.29, 1.82) is 0 Å². The minimum Gasteiger partial charge on any atom is -0.314 e. The van der Waals surface area contributed by atoms with Gasteiger partial charge in [-0.1, -0.05) is 28.1 Å². The summed E-state index contributed by atoms with van der Waals surface area (Å²) in [6.07, 6.45) is 3.09. The Morgan fingerprint density at radius 3 is 2.76 bits per heavy atom. The zero-order valence-corrected chi connectivity index (χ0v) is 12.9. The van der Waals surface area contributed by atoms with Gasteiger partial charge in [-0.3, -0.25) is 0 Å². The number of nitrogens with one attached hydrogen (secondary N) is 2. The number of rotatable bonds is 3. The van der Waals surface area contributed by atoms with E-state index in [0.29, 0.717) is 5.56 Å². The molecule has 0 aliphatic carbocycles. The number of aryl methyl sites for hydroxylation is 1. The molecule has 2 aromatic carbocycles. The molecule has 3 nitrogen and oxygen atoms in total. The molecular formula is C16H14BrFN2O. The molecule has 2 rings (SSSR count). The van der Waals surface area contributed by atoms with Crippen molar-refractivity contribution in [1.82, 2.24) is 5.32 Å². The topological polar surface area (TPSA) is 41.1 Å². The average molecular weight is 349 g/mol. The molecule has 0 radical (unpaired) electrons. The number of halogens is 2. The molecule has 0 aliphatic heterocycles. The van der Waals surface area contributed by atoms with Gasteiger partial charge < -0.3 is 10.6 Å². The van der Waals surface area contributed by atoms with Crippen molar-refractivity contribution < 1.29 is 9.18 Å². The number of carbonyl (C=O) groups excluding carboxylic acids is 1. The summed E-state index contributed by atoms with van der Waals surface area (Å²) in [5.74, 6) is -0.313. The Morgan fingerprint density at radius 2 is 2.05 bits per heavy atom. The highest BCUT2D eigenvalue weighted by atomic mass is 79.9. The summed E-state index contributed by atoms with van der Waals surface area (Å²) < 4.78 is 13.9. The van der Waals surface area contributed by atoms with Crippen molar-refractivity contribution in [3.63, 3.8) is 0 Å². The molecule has 5 heteroatoms. The van der Waals surface area contributed by atoms with Crippen molar-refractivity contribution >= 4 is 33.7 Å². The summed E-state index contributed by atoms with van der Waals surface area (Å²) in [6.45, 7) is 1.91. The Kier molecular flexibility index (Phi) is 5.11. The van der Waals surface area contributed by atoms with Crippen LogP contribution in [0.1, 0.15) is 11.1 Å². The minimum atomic E-state index is -0.354. The lowest BCUT2D eigenvalue weighted by Crippen LogP contribution is -2.24. The zero-order valence-electron chi connectivity index (χ0n) is 11.4. The summed E-state index contributed by atoms with van der Waals surface area (Å²) in [7, 11) is 0. The van der Waals surface area contributed by atoms with E-state index in [-0.39, 0.29) is 11.8 Å². The molecular weight excluding hydrogens is 335 g/mol. The molecule has 0 fully saturated rings. The largest absolute Gasteiger partial charge is 0.323 e. The molecule has 0 saturated heterocycles. The van der Waals surface area contributed by atoms with Gasteiger partial charge in [-0.2, -0.15) is 0 Å². The Balaban J connectivity index is 1.93. The van der Waals surface area contributed by atoms with E-state index in [1.165, 1.54) is 18.3 Å². The summed E-state index contributed by atoms with van der Waals surface area (Å²) in [6, 6.07) is 11.3. The highest BCUT2D eigenvalue weighted by Crippen LogP contribution is 2.19. The standard InChI is InChI=1S/C16H14BrFN2O/c1-11-9-13(17)5-6-15(11)20-16(21)19-8-7-12-3-2-4-14(18)10-12/h2-10H,1H3,(H2,19,20,21)/b8-7+. The average Bonchev–Trinajstić information content (AvgIpc) is 2.42. The molecule has 0 heterocycles. The van der Waals surface area contributed by atoms with Crippen LogP contribution in [0.4, 0.5) is 14.9 Å². The summed E-state index contributed by atoms with van der Waals surface area (Å²) >= 11 is 3.37. The van der Waals surface area contributed by atoms with Crippen molar-refractivity contribution in [3.05, 3.63) is 70.1 Å². The maximum atomic E-state index is 13.0. The number of hydrogen-bond acceptors (Lipinski definition) is 1. The Morgan fingerprint density at radius 1 is 1.24 bits per heavy atom. The van der Waals surface area contributed by atoms with E-state index in [0.717, 1.165) is 15.7 Å². The maximum absolute atomic E-state index is 13.0. The molecule has 0 saturated carbocycles. The number of hydrogen-bond donors (Lipinski definition) is 2. The molecule has 0 bridgehead atoms. The maximum Gasteiger partial charge on any atom is 0.323 e. The lowest BCUT2D eigenvalue weighted by atomic mass is 10.2. The fourth-order valence-corrected chi connectivity index (χ4v) is 2.23. The second kappa shape index (κ2) is 7.04. The molecule has 2 aromatic rings. The number of benzene rings is 2. The van der Waals surface area contributed by atoms with Crippen LogP contribution in [0.3, 0.4) is 0 Å². The van der Waals surface area contributed by atoms with E-state index in [1.54, 1.807) is 18.2 Å². The van der Waals surface area contributed by atoms with Crippen LogP contribution in [0.25, 0.3) is 6.08 Å². The van der Waals surface area contributed by atoms with Crippen LogP contribution in [0.15, 0.2) is 53.1 Å². The molecule has 0 aliphatic rings. The second-order valence-corrected chi connectivity index (χ2v) is 5.36. The van der Waals surface area contributed by atoms with Crippen LogP contribution in [-0.2, 0) is 0 Å². The first-order chi connectivity index (χ1) is 10.0. The highest BCUT2D eigenvalue weighted by Gasteiger charge is 2.02. The molecule has 108 valence electrons. The SMILES string of the molecule is Cc1cc(Br)ccc1NC(=O)N/C=C/c1cccc(F)c1. The van der Waals surface area contributed by atoms with E-state index in [1.807, 2.05) is 25.1 Å². The van der Waals surface area contributed by atoms with Gasteiger partial charge in [0.1, 0.15) is 5.82 Å². The van der Waals surface area contributed by atoms with Crippen molar-refractivity contribution in [3.8, 4) is 0 Å². The summed E-state index contributed by atoms with van der Waals surface area (Å²) in [4.78, 5) is 11.7. The van der Waals surface area contributed by atoms with Crippen molar-refractivity contribution in [2.24, 2.45) is 0 Å². The number of amides is 2. The van der Waals surface area contributed by atoms with Gasteiger partial charge in [-0.25, -0.2) is 9.18 Å². The number of carbonyl (C=O) groups is 1. The van der Waals surface area contributed by atoms with E-state index in [9.17, 15) is 9.18 Å². The fraction of sp³-hybridized carbons (Fsp3) is 0.0625. The van der Waals surface area contributed by atoms with Crippen LogP contribution in [-0.4, -0.2) is 6.03 Å². The lowest BCUT2D eigenvalue weighted by Gasteiger charge is -2.08. The third-order valence-corrected chi connectivity index (χ3v) is 3.27. The van der Waals surface area contributed by atoms with Gasteiger partial charge in [-0.15, -0.1) is 0 Å². The molecule has 21 heavy (non-hydrogen) atoms. The van der Waals surface area contributed by atoms with Crippen LogP contribution in [0, 0.1) is 12.7 Å². The van der Waals surface area contributed by atoms with Gasteiger partial charge in [0, 0.05) is 16.4 Å². The number of anilines is 1. The molecule has 2 N–H and O–H groups in total. The van der Waals surface area contributed by atoms with Gasteiger partial charge in [0.05, 0.1) is 0 Å². The van der Waals surface area contributed by atoms with Crippen molar-refractivity contribution in [2.75, 3.05) is 5.32 Å². The predicted molar refractivity (Wildman–Crippen MR) is 86.5 cm³/mol. The molecule has 0 unspecified atom stereocenters. The van der Waals surface area contributed by atoms with Gasteiger partial charge in [0.2, 0.25) is 0 Å². The highest BCUT2D eigenvalue weighted by molar-refractivity contribution is 9.10. The first-order valence-corrected chi connectivity index (χ1v) is 7.10. The molecule has 0 spiro atoms. The molecule has 0 aromatic heterocycles. The van der Waals surface area contributed by atoms with E-state index in [2.05, 4.69) is 26.6 Å². The Hall–Kier alpha value is -2.14. The van der Waals surface area contributed by atoms with E-state index >= 15 is 0 Å². The van der Waals surface area contributed by atoms with Crippen LogP contribution in [0.5, 0.6) is 0 Å². The third-order valence-electron chi connectivity index (χ3n) is 2.78.